The minimum atomic E-state index is -0.601. The van der Waals surface area contributed by atoms with Gasteiger partial charge in [0.1, 0.15) is 0 Å². The molecular formula is C10H15NO5. The Morgan fingerprint density at radius 1 is 1.50 bits per heavy atom. The second kappa shape index (κ2) is 5.27. The summed E-state index contributed by atoms with van der Waals surface area (Å²) in [5.41, 5.74) is 0.782. The molecule has 1 saturated heterocycles. The fraction of sp³-hybridized carbons (Fsp3) is 0.800. The number of carbonyl (C=O) groups excluding carboxylic acids is 1. The Morgan fingerprint density at radius 3 is 2.94 bits per heavy atom. The first kappa shape index (κ1) is 11.3. The summed E-state index contributed by atoms with van der Waals surface area (Å²) in [5.74, 6) is -0.366. The van der Waals surface area contributed by atoms with Crippen molar-refractivity contribution in [1.29, 1.82) is 0 Å². The molecule has 6 heteroatoms. The van der Waals surface area contributed by atoms with Gasteiger partial charge >= 0.3 is 5.97 Å². The number of hydrogen-bond donors (Lipinski definition) is 0. The van der Waals surface area contributed by atoms with Crippen LogP contribution in [0.3, 0.4) is 0 Å². The van der Waals surface area contributed by atoms with E-state index in [9.17, 15) is 4.79 Å². The summed E-state index contributed by atoms with van der Waals surface area (Å²) < 4.78 is 15.4. The zero-order valence-corrected chi connectivity index (χ0v) is 9.18. The number of oxime groups is 1. The lowest BCUT2D eigenvalue weighted by molar-refractivity contribution is -0.154. The summed E-state index contributed by atoms with van der Waals surface area (Å²) in [6.45, 7) is 3.33. The van der Waals surface area contributed by atoms with Crippen LogP contribution in [0.1, 0.15) is 19.8 Å². The molecule has 90 valence electrons. The van der Waals surface area contributed by atoms with Gasteiger partial charge in [0.2, 0.25) is 6.10 Å². The molecule has 0 amide bonds. The molecule has 2 aliphatic rings. The molecule has 0 radical (unpaired) electrons. The lowest BCUT2D eigenvalue weighted by atomic mass is 10.1. The first-order valence-electron chi connectivity index (χ1n) is 5.41. The SMILES string of the molecule is CCOC(=O)C1CC(CC2OCCO2)=NO1. The highest BCUT2D eigenvalue weighted by atomic mass is 16.7. The fourth-order valence-electron chi connectivity index (χ4n) is 1.63. The van der Waals surface area contributed by atoms with Gasteiger partial charge in [-0.15, -0.1) is 0 Å². The normalized spacial score (nSPS) is 25.3. The third kappa shape index (κ3) is 2.70. The van der Waals surface area contributed by atoms with Crippen LogP contribution in [0.5, 0.6) is 0 Å². The number of ether oxygens (including phenoxy) is 3. The third-order valence-corrected chi connectivity index (χ3v) is 2.37. The quantitative estimate of drug-likeness (QED) is 0.655. The zero-order valence-electron chi connectivity index (χ0n) is 9.18. The van der Waals surface area contributed by atoms with Crippen molar-refractivity contribution >= 4 is 11.7 Å². The van der Waals surface area contributed by atoms with Gasteiger partial charge in [0.05, 0.1) is 25.5 Å². The van der Waals surface area contributed by atoms with Crippen molar-refractivity contribution in [2.45, 2.75) is 32.2 Å². The van der Waals surface area contributed by atoms with Crippen LogP contribution in [0.25, 0.3) is 0 Å². The number of hydrogen-bond acceptors (Lipinski definition) is 6. The minimum Gasteiger partial charge on any atom is -0.463 e. The highest BCUT2D eigenvalue weighted by Gasteiger charge is 2.31. The maximum atomic E-state index is 11.3. The summed E-state index contributed by atoms with van der Waals surface area (Å²) in [7, 11) is 0. The van der Waals surface area contributed by atoms with Crippen molar-refractivity contribution in [3.05, 3.63) is 0 Å². The summed E-state index contributed by atoms with van der Waals surface area (Å²) in [6, 6.07) is 0. The molecule has 1 atom stereocenters. The van der Waals surface area contributed by atoms with Crippen LogP contribution in [0.2, 0.25) is 0 Å². The van der Waals surface area contributed by atoms with Crippen molar-refractivity contribution < 1.29 is 23.8 Å². The Morgan fingerprint density at radius 2 is 2.25 bits per heavy atom. The topological polar surface area (TPSA) is 66.4 Å². The molecule has 0 aromatic rings. The third-order valence-electron chi connectivity index (χ3n) is 2.37. The maximum absolute atomic E-state index is 11.3. The van der Waals surface area contributed by atoms with Gasteiger partial charge in [0.25, 0.3) is 0 Å². The molecule has 2 aliphatic heterocycles. The van der Waals surface area contributed by atoms with E-state index in [1.54, 1.807) is 6.92 Å². The zero-order chi connectivity index (χ0) is 11.4. The van der Waals surface area contributed by atoms with E-state index in [0.29, 0.717) is 32.7 Å². The van der Waals surface area contributed by atoms with Gasteiger partial charge in [-0.1, -0.05) is 5.16 Å². The number of esters is 1. The standard InChI is InChI=1S/C10H15NO5/c1-2-13-10(12)8-5-7(11-16-8)6-9-14-3-4-15-9/h8-9H,2-6H2,1H3. The monoisotopic (exact) mass is 229 g/mol. The lowest BCUT2D eigenvalue weighted by Crippen LogP contribution is -2.24. The Labute approximate surface area is 93.5 Å². The molecule has 1 unspecified atom stereocenters. The second-order valence-corrected chi connectivity index (χ2v) is 3.58. The van der Waals surface area contributed by atoms with Crippen molar-refractivity contribution in [3.63, 3.8) is 0 Å². The van der Waals surface area contributed by atoms with E-state index in [0.717, 1.165) is 5.71 Å². The number of rotatable bonds is 4. The van der Waals surface area contributed by atoms with E-state index < -0.39 is 6.10 Å². The molecule has 0 bridgehead atoms. The Hall–Kier alpha value is -1.14. The van der Waals surface area contributed by atoms with Gasteiger partial charge in [-0.2, -0.15) is 0 Å². The summed E-state index contributed by atoms with van der Waals surface area (Å²) in [6.07, 6.45) is 0.164. The van der Waals surface area contributed by atoms with Crippen molar-refractivity contribution in [1.82, 2.24) is 0 Å². The van der Waals surface area contributed by atoms with E-state index in [1.165, 1.54) is 0 Å². The van der Waals surface area contributed by atoms with E-state index in [4.69, 9.17) is 19.0 Å². The highest BCUT2D eigenvalue weighted by molar-refractivity contribution is 5.91. The van der Waals surface area contributed by atoms with E-state index >= 15 is 0 Å². The van der Waals surface area contributed by atoms with Crippen LogP contribution in [0.4, 0.5) is 0 Å². The maximum Gasteiger partial charge on any atom is 0.350 e. The second-order valence-electron chi connectivity index (χ2n) is 3.58. The minimum absolute atomic E-state index is 0.247. The van der Waals surface area contributed by atoms with Crippen LogP contribution in [0, 0.1) is 0 Å². The average Bonchev–Trinajstić information content (AvgIpc) is 2.90. The number of nitrogens with zero attached hydrogens (tertiary/aromatic N) is 1. The van der Waals surface area contributed by atoms with Gasteiger partial charge in [-0.25, -0.2) is 4.79 Å². The van der Waals surface area contributed by atoms with Crippen LogP contribution in [-0.2, 0) is 23.8 Å². The van der Waals surface area contributed by atoms with Crippen LogP contribution >= 0.6 is 0 Å². The predicted octanol–water partition coefficient (Wildman–Crippen LogP) is 0.457. The smallest absolute Gasteiger partial charge is 0.350 e. The van der Waals surface area contributed by atoms with Crippen LogP contribution < -0.4 is 0 Å². The van der Waals surface area contributed by atoms with E-state index in [1.807, 2.05) is 0 Å². The molecule has 0 saturated carbocycles. The summed E-state index contributed by atoms with van der Waals surface area (Å²) >= 11 is 0. The molecule has 0 aromatic heterocycles. The van der Waals surface area contributed by atoms with E-state index in [-0.39, 0.29) is 12.3 Å². The molecule has 0 N–H and O–H groups in total. The molecule has 16 heavy (non-hydrogen) atoms. The van der Waals surface area contributed by atoms with Gasteiger partial charge in [-0.05, 0) is 6.92 Å². The van der Waals surface area contributed by atoms with Gasteiger partial charge in [0, 0.05) is 12.8 Å². The molecule has 2 rings (SSSR count). The Bertz CT molecular complexity index is 285. The Balaban J connectivity index is 1.75. The molecule has 0 spiro atoms. The van der Waals surface area contributed by atoms with E-state index in [2.05, 4.69) is 5.16 Å². The average molecular weight is 229 g/mol. The van der Waals surface area contributed by atoms with Gasteiger partial charge in [0.15, 0.2) is 6.29 Å². The fourth-order valence-corrected chi connectivity index (χ4v) is 1.63. The van der Waals surface area contributed by atoms with Crippen LogP contribution in [-0.4, -0.2) is 43.9 Å². The summed E-state index contributed by atoms with van der Waals surface area (Å²) in [5, 5.41) is 3.84. The molecule has 0 aliphatic carbocycles. The molecule has 1 fully saturated rings. The van der Waals surface area contributed by atoms with Crippen molar-refractivity contribution in [2.24, 2.45) is 5.16 Å². The summed E-state index contributed by atoms with van der Waals surface area (Å²) in [4.78, 5) is 16.3. The lowest BCUT2D eigenvalue weighted by Gasteiger charge is -2.08. The van der Waals surface area contributed by atoms with Crippen LogP contribution in [0.15, 0.2) is 5.16 Å². The van der Waals surface area contributed by atoms with Crippen molar-refractivity contribution in [3.8, 4) is 0 Å². The first-order chi connectivity index (χ1) is 7.79. The molecule has 6 nitrogen and oxygen atoms in total. The molecule has 2 heterocycles. The highest BCUT2D eigenvalue weighted by Crippen LogP contribution is 2.18. The van der Waals surface area contributed by atoms with Gasteiger partial charge < -0.3 is 19.0 Å². The molecule has 0 aromatic carbocycles. The largest absolute Gasteiger partial charge is 0.463 e. The Kier molecular flexibility index (Phi) is 3.74. The first-order valence-corrected chi connectivity index (χ1v) is 5.41. The predicted molar refractivity (Wildman–Crippen MR) is 53.9 cm³/mol. The van der Waals surface area contributed by atoms with Gasteiger partial charge in [-0.3, -0.25) is 0 Å². The molecular weight excluding hydrogens is 214 g/mol. The number of carbonyl (C=O) groups is 1. The van der Waals surface area contributed by atoms with Crippen molar-refractivity contribution in [2.75, 3.05) is 19.8 Å².